The molecule has 0 radical (unpaired) electrons. The fourth-order valence-electron chi connectivity index (χ4n) is 0. The van der Waals surface area contributed by atoms with Crippen LogP contribution in [-0.4, -0.2) is 11.4 Å². The van der Waals surface area contributed by atoms with Crippen molar-refractivity contribution in [3.05, 3.63) is 0 Å². The Balaban J connectivity index is -0.000000109. The first-order valence-electron chi connectivity index (χ1n) is 2.90. The van der Waals surface area contributed by atoms with Crippen molar-refractivity contribution in [2.24, 2.45) is 0 Å². The van der Waals surface area contributed by atoms with Gasteiger partial charge in [0, 0.05) is 5.66 Å². The first-order valence-corrected chi connectivity index (χ1v) is 3.57. The average Bonchev–Trinajstić information content (AvgIpc) is 1.72. The number of Topliss-reactive ketones (excluding diaryl/α,β-unsaturated/α-hetero) is 1. The van der Waals surface area contributed by atoms with Crippen LogP contribution in [0.1, 0.15) is 35.1 Å². The molecule has 0 aromatic carbocycles. The minimum Gasteiger partial charge on any atom is -0.299 e. The van der Waals surface area contributed by atoms with Gasteiger partial charge in [0.2, 0.25) is 0 Å². The Hall–Kier alpha value is 0.100. The molecule has 2 heteroatoms. The van der Waals surface area contributed by atoms with E-state index in [1.807, 2.05) is 20.8 Å². The van der Waals surface area contributed by atoms with Gasteiger partial charge in [-0.3, -0.25) is 4.79 Å². The lowest BCUT2D eigenvalue weighted by Gasteiger charge is -1.90. The van der Waals surface area contributed by atoms with Crippen molar-refractivity contribution in [1.29, 1.82) is 0 Å². The molecule has 1 nitrogen and oxygen atoms in total. The van der Waals surface area contributed by atoms with Crippen LogP contribution in [0.5, 0.6) is 0 Å². The summed E-state index contributed by atoms with van der Waals surface area (Å²) >= 11 is 0. The van der Waals surface area contributed by atoms with Gasteiger partial charge in [-0.25, -0.2) is 0 Å². The molecular weight excluding hydrogens is 131 g/mol. The third-order valence-corrected chi connectivity index (χ3v) is 1.11. The highest BCUT2D eigenvalue weighted by Crippen LogP contribution is 1.96. The maximum absolute atomic E-state index is 10.1. The Labute approximate surface area is 61.4 Å². The SMILES string of the molecule is C.CC.CC(=O)C(C)P. The lowest BCUT2D eigenvalue weighted by Crippen LogP contribution is -2.01. The van der Waals surface area contributed by atoms with Crippen LogP contribution in [0, 0.1) is 0 Å². The zero-order chi connectivity index (χ0) is 7.15. The van der Waals surface area contributed by atoms with Crippen LogP contribution in [0.25, 0.3) is 0 Å². The maximum atomic E-state index is 10.1. The van der Waals surface area contributed by atoms with E-state index < -0.39 is 0 Å². The Bertz CT molecular complexity index is 59.9. The summed E-state index contributed by atoms with van der Waals surface area (Å²) in [6.07, 6.45) is 0. The number of carbonyl (C=O) groups excluding carboxylic acids is 1. The van der Waals surface area contributed by atoms with Gasteiger partial charge in [0.25, 0.3) is 0 Å². The van der Waals surface area contributed by atoms with E-state index in [1.165, 1.54) is 0 Å². The van der Waals surface area contributed by atoms with Gasteiger partial charge in [0.1, 0.15) is 5.78 Å². The molecule has 0 aromatic rings. The summed E-state index contributed by atoms with van der Waals surface area (Å²) in [6, 6.07) is 0. The highest BCUT2D eigenvalue weighted by molar-refractivity contribution is 7.19. The second-order valence-corrected chi connectivity index (χ2v) is 2.40. The summed E-state index contributed by atoms with van der Waals surface area (Å²) in [4.78, 5) is 10.1. The zero-order valence-corrected chi connectivity index (χ0v) is 7.22. The Morgan fingerprint density at radius 1 is 1.44 bits per heavy atom. The molecule has 0 saturated heterocycles. The second kappa shape index (κ2) is 11.0. The standard InChI is InChI=1S/C4H9OP.C2H6.CH4/c1-3(5)4(2)6;1-2;/h4H,6H2,1-2H3;1-2H3;1H4. The van der Waals surface area contributed by atoms with Crippen LogP contribution in [0.3, 0.4) is 0 Å². The fraction of sp³-hybridized carbons (Fsp3) is 0.857. The zero-order valence-electron chi connectivity index (χ0n) is 6.06. The molecule has 58 valence electrons. The van der Waals surface area contributed by atoms with Crippen molar-refractivity contribution < 1.29 is 4.79 Å². The van der Waals surface area contributed by atoms with Gasteiger partial charge in [-0.1, -0.05) is 28.2 Å². The molecule has 2 unspecified atom stereocenters. The van der Waals surface area contributed by atoms with Crippen molar-refractivity contribution in [2.75, 3.05) is 0 Å². The molecule has 0 rings (SSSR count). The molecule has 0 aliphatic heterocycles. The Kier molecular flexibility index (Phi) is 19.6. The summed E-state index contributed by atoms with van der Waals surface area (Å²) in [5, 5.41) is 0. The van der Waals surface area contributed by atoms with E-state index >= 15 is 0 Å². The molecule has 0 spiro atoms. The molecule has 0 fully saturated rings. The number of carbonyl (C=O) groups is 1. The van der Waals surface area contributed by atoms with Crippen LogP contribution in [0.4, 0.5) is 0 Å². The molecule has 0 aliphatic carbocycles. The van der Waals surface area contributed by atoms with E-state index in [2.05, 4.69) is 9.24 Å². The topological polar surface area (TPSA) is 17.1 Å². The predicted molar refractivity (Wildman–Crippen MR) is 47.9 cm³/mol. The van der Waals surface area contributed by atoms with Crippen molar-refractivity contribution >= 4 is 15.0 Å². The van der Waals surface area contributed by atoms with E-state index in [0.29, 0.717) is 0 Å². The lowest BCUT2D eigenvalue weighted by atomic mass is 10.3. The minimum atomic E-state index is 0. The van der Waals surface area contributed by atoms with Gasteiger partial charge < -0.3 is 0 Å². The third-order valence-electron chi connectivity index (χ3n) is 0.641. The van der Waals surface area contributed by atoms with Crippen LogP contribution in [0.15, 0.2) is 0 Å². The van der Waals surface area contributed by atoms with Crippen LogP contribution in [-0.2, 0) is 4.79 Å². The maximum Gasteiger partial charge on any atom is 0.136 e. The Morgan fingerprint density at radius 3 is 1.56 bits per heavy atom. The first kappa shape index (κ1) is 16.0. The number of hydrogen-bond donors (Lipinski definition) is 0. The number of hydrogen-bond acceptors (Lipinski definition) is 1. The molecule has 0 bridgehead atoms. The predicted octanol–water partition coefficient (Wildman–Crippen LogP) is 2.50. The quantitative estimate of drug-likeness (QED) is 0.525. The van der Waals surface area contributed by atoms with E-state index in [4.69, 9.17) is 0 Å². The molecular formula is C7H19OP. The summed E-state index contributed by atoms with van der Waals surface area (Å²) in [6.45, 7) is 7.44. The monoisotopic (exact) mass is 150 g/mol. The second-order valence-electron chi connectivity index (χ2n) is 1.40. The summed E-state index contributed by atoms with van der Waals surface area (Å²) in [5.74, 6) is 0.222. The molecule has 0 aliphatic rings. The summed E-state index contributed by atoms with van der Waals surface area (Å²) in [5.41, 5.74) is 0.130. The molecule has 0 N–H and O–H groups in total. The Morgan fingerprint density at radius 2 is 1.56 bits per heavy atom. The minimum absolute atomic E-state index is 0. The van der Waals surface area contributed by atoms with E-state index in [-0.39, 0.29) is 18.9 Å². The normalized spacial score (nSPS) is 9.89. The van der Waals surface area contributed by atoms with Gasteiger partial charge in [-0.2, -0.15) is 0 Å². The highest BCUT2D eigenvalue weighted by Gasteiger charge is 1.95. The smallest absolute Gasteiger partial charge is 0.136 e. The van der Waals surface area contributed by atoms with Gasteiger partial charge in [0.05, 0.1) is 0 Å². The van der Waals surface area contributed by atoms with E-state index in [1.54, 1.807) is 6.92 Å². The first-order chi connectivity index (χ1) is 3.64. The van der Waals surface area contributed by atoms with Gasteiger partial charge >= 0.3 is 0 Å². The molecule has 0 heterocycles. The van der Waals surface area contributed by atoms with Crippen LogP contribution in [0.2, 0.25) is 0 Å². The van der Waals surface area contributed by atoms with Crippen molar-refractivity contribution in [2.45, 2.75) is 40.8 Å². The molecule has 9 heavy (non-hydrogen) atoms. The number of rotatable bonds is 1. The fourth-order valence-corrected chi connectivity index (χ4v) is 0. The van der Waals surface area contributed by atoms with E-state index in [0.717, 1.165) is 0 Å². The van der Waals surface area contributed by atoms with Gasteiger partial charge in [0.15, 0.2) is 0 Å². The lowest BCUT2D eigenvalue weighted by molar-refractivity contribution is -0.116. The van der Waals surface area contributed by atoms with Crippen molar-refractivity contribution in [3.8, 4) is 0 Å². The van der Waals surface area contributed by atoms with E-state index in [9.17, 15) is 4.79 Å². The molecule has 0 saturated carbocycles. The molecule has 2 atom stereocenters. The molecule has 0 amide bonds. The largest absolute Gasteiger partial charge is 0.299 e. The molecule has 0 aromatic heterocycles. The van der Waals surface area contributed by atoms with Gasteiger partial charge in [-0.05, 0) is 6.92 Å². The highest BCUT2D eigenvalue weighted by atomic mass is 31.0. The average molecular weight is 150 g/mol. The van der Waals surface area contributed by atoms with Crippen LogP contribution < -0.4 is 0 Å². The van der Waals surface area contributed by atoms with Crippen LogP contribution >= 0.6 is 9.24 Å². The van der Waals surface area contributed by atoms with Crippen molar-refractivity contribution in [3.63, 3.8) is 0 Å². The third kappa shape index (κ3) is 17.9. The summed E-state index contributed by atoms with van der Waals surface area (Å²) < 4.78 is 0. The van der Waals surface area contributed by atoms with Crippen molar-refractivity contribution in [1.82, 2.24) is 0 Å². The number of ketones is 1. The van der Waals surface area contributed by atoms with Gasteiger partial charge in [-0.15, -0.1) is 9.24 Å². The summed E-state index contributed by atoms with van der Waals surface area (Å²) in [7, 11) is 2.42.